The van der Waals surface area contributed by atoms with E-state index in [0.717, 1.165) is 26.7 Å². The third-order valence-electron chi connectivity index (χ3n) is 2.64. The number of hydrogen-bond acceptors (Lipinski definition) is 1. The summed E-state index contributed by atoms with van der Waals surface area (Å²) in [5.41, 5.74) is 1.49. The van der Waals surface area contributed by atoms with Crippen LogP contribution < -0.4 is 5.32 Å². The largest absolute Gasteiger partial charge is 0.342 e. The van der Waals surface area contributed by atoms with Gasteiger partial charge in [-0.25, -0.2) is 0 Å². The van der Waals surface area contributed by atoms with E-state index in [1.807, 2.05) is 41.1 Å². The zero-order chi connectivity index (χ0) is 13.8. The number of anilines is 1. The molecule has 0 saturated carbocycles. The van der Waals surface area contributed by atoms with Crippen molar-refractivity contribution in [2.75, 3.05) is 5.32 Å². The summed E-state index contributed by atoms with van der Waals surface area (Å²) in [4.78, 5) is 12.3. The van der Waals surface area contributed by atoms with Gasteiger partial charge in [0.15, 0.2) is 0 Å². The molecule has 0 fully saturated rings. The van der Waals surface area contributed by atoms with Gasteiger partial charge in [-0.05, 0) is 69.2 Å². The van der Waals surface area contributed by atoms with Crippen LogP contribution in [0.25, 0.3) is 0 Å². The molecule has 3 nitrogen and oxygen atoms in total. The van der Waals surface area contributed by atoms with Gasteiger partial charge in [-0.3, -0.25) is 4.79 Å². The molecule has 1 aromatic heterocycles. The van der Waals surface area contributed by atoms with Crippen molar-refractivity contribution in [3.8, 4) is 0 Å². The number of carbonyl (C=O) groups excluding carboxylic acids is 1. The Labute approximate surface area is 134 Å². The third-order valence-corrected chi connectivity index (χ3v) is 3.75. The number of carbonyl (C=O) groups is 1. The number of halogens is 2. The maximum atomic E-state index is 12.3. The van der Waals surface area contributed by atoms with E-state index in [4.69, 9.17) is 0 Å². The van der Waals surface area contributed by atoms with Crippen LogP contribution in [0.4, 0.5) is 5.69 Å². The van der Waals surface area contributed by atoms with Crippen molar-refractivity contribution in [1.82, 2.24) is 4.57 Å². The number of aryl methyl sites for hydroxylation is 1. The molecule has 0 atom stereocenters. The molecule has 2 rings (SSSR count). The van der Waals surface area contributed by atoms with Gasteiger partial charge in [0.25, 0.3) is 5.91 Å². The molecule has 100 valence electrons. The van der Waals surface area contributed by atoms with E-state index in [-0.39, 0.29) is 5.91 Å². The summed E-state index contributed by atoms with van der Waals surface area (Å²) in [7, 11) is 0. The van der Waals surface area contributed by atoms with Gasteiger partial charge in [-0.1, -0.05) is 13.0 Å². The summed E-state index contributed by atoms with van der Waals surface area (Å²) in [5, 5.41) is 2.93. The van der Waals surface area contributed by atoms with E-state index in [1.54, 1.807) is 0 Å². The molecule has 0 saturated heterocycles. The normalized spacial score (nSPS) is 10.5. The van der Waals surface area contributed by atoms with Gasteiger partial charge in [-0.2, -0.15) is 0 Å². The monoisotopic (exact) mass is 432 g/mol. The van der Waals surface area contributed by atoms with Crippen LogP contribution in [0.3, 0.4) is 0 Å². The van der Waals surface area contributed by atoms with E-state index in [9.17, 15) is 4.79 Å². The summed E-state index contributed by atoms with van der Waals surface area (Å²) in [6.07, 6.45) is 2.93. The van der Waals surface area contributed by atoms with Crippen LogP contribution >= 0.6 is 38.5 Å². The van der Waals surface area contributed by atoms with Gasteiger partial charge in [-0.15, -0.1) is 0 Å². The lowest BCUT2D eigenvalue weighted by atomic mass is 10.3. The Kier molecular flexibility index (Phi) is 5.04. The molecule has 0 unspecified atom stereocenters. The Hall–Kier alpha value is -0.820. The summed E-state index contributed by atoms with van der Waals surface area (Å²) in [5.74, 6) is -0.0823. The summed E-state index contributed by atoms with van der Waals surface area (Å²) in [6.45, 7) is 2.93. The molecule has 0 radical (unpaired) electrons. The highest BCUT2D eigenvalue weighted by Gasteiger charge is 2.12. The second-order valence-corrected chi connectivity index (χ2v) is 6.36. The van der Waals surface area contributed by atoms with Crippen molar-refractivity contribution < 1.29 is 4.79 Å². The maximum absolute atomic E-state index is 12.3. The first-order valence-corrected chi connectivity index (χ1v) is 7.90. The van der Waals surface area contributed by atoms with Crippen LogP contribution in [0.15, 0.2) is 41.0 Å². The molecule has 5 heteroatoms. The summed E-state index contributed by atoms with van der Waals surface area (Å²) in [6, 6.07) is 9.60. The lowest BCUT2D eigenvalue weighted by molar-refractivity contribution is 0.101. The molecule has 0 spiro atoms. The standard InChI is InChI=1S/C14H14BrIN2O/c1-2-6-18-9-10(15)7-13(18)14(19)17-12-5-3-4-11(16)8-12/h3-5,7-9H,2,6H2,1H3,(H,17,19). The molecule has 1 heterocycles. The molecular weight excluding hydrogens is 419 g/mol. The first kappa shape index (κ1) is 14.6. The molecule has 1 amide bonds. The molecule has 0 aliphatic rings. The van der Waals surface area contributed by atoms with Crippen molar-refractivity contribution >= 4 is 50.1 Å². The minimum atomic E-state index is -0.0823. The van der Waals surface area contributed by atoms with E-state index in [0.29, 0.717) is 5.69 Å². The van der Waals surface area contributed by atoms with Crippen LogP contribution in [-0.4, -0.2) is 10.5 Å². The second-order valence-electron chi connectivity index (χ2n) is 4.20. The van der Waals surface area contributed by atoms with Crippen LogP contribution in [-0.2, 0) is 6.54 Å². The zero-order valence-corrected chi connectivity index (χ0v) is 14.2. The number of amides is 1. The molecular formula is C14H14BrIN2O. The average molecular weight is 433 g/mol. The zero-order valence-electron chi connectivity index (χ0n) is 10.5. The fourth-order valence-electron chi connectivity index (χ4n) is 1.85. The molecule has 1 aromatic carbocycles. The lowest BCUT2D eigenvalue weighted by Crippen LogP contribution is -2.16. The minimum absolute atomic E-state index is 0.0823. The van der Waals surface area contributed by atoms with Gasteiger partial charge in [0, 0.05) is 26.5 Å². The van der Waals surface area contributed by atoms with Crippen molar-refractivity contribution in [3.63, 3.8) is 0 Å². The molecule has 2 aromatic rings. The number of benzene rings is 1. The number of nitrogens with zero attached hydrogens (tertiary/aromatic N) is 1. The molecule has 19 heavy (non-hydrogen) atoms. The average Bonchev–Trinajstić information content (AvgIpc) is 2.71. The van der Waals surface area contributed by atoms with Crippen molar-refractivity contribution in [1.29, 1.82) is 0 Å². The van der Waals surface area contributed by atoms with E-state index < -0.39 is 0 Å². The summed E-state index contributed by atoms with van der Waals surface area (Å²) >= 11 is 5.64. The molecule has 1 N–H and O–H groups in total. The van der Waals surface area contributed by atoms with Crippen molar-refractivity contribution in [3.05, 3.63) is 50.3 Å². The smallest absolute Gasteiger partial charge is 0.272 e. The summed E-state index contributed by atoms with van der Waals surface area (Å²) < 4.78 is 3.99. The molecule has 0 aliphatic heterocycles. The van der Waals surface area contributed by atoms with Gasteiger partial charge < -0.3 is 9.88 Å². The lowest BCUT2D eigenvalue weighted by Gasteiger charge is -2.08. The van der Waals surface area contributed by atoms with Gasteiger partial charge in [0.2, 0.25) is 0 Å². The predicted molar refractivity (Wildman–Crippen MR) is 89.5 cm³/mol. The van der Waals surface area contributed by atoms with Crippen LogP contribution in [0.5, 0.6) is 0 Å². The third kappa shape index (κ3) is 3.82. The Bertz CT molecular complexity index is 595. The Morgan fingerprint density at radius 3 is 2.89 bits per heavy atom. The second kappa shape index (κ2) is 6.56. The number of rotatable bonds is 4. The maximum Gasteiger partial charge on any atom is 0.272 e. The van der Waals surface area contributed by atoms with Gasteiger partial charge in [0.1, 0.15) is 5.69 Å². The highest BCUT2D eigenvalue weighted by atomic mass is 127. The van der Waals surface area contributed by atoms with Crippen LogP contribution in [0.2, 0.25) is 0 Å². The molecule has 0 bridgehead atoms. The fourth-order valence-corrected chi connectivity index (χ4v) is 2.86. The Morgan fingerprint density at radius 2 is 2.21 bits per heavy atom. The van der Waals surface area contributed by atoms with Crippen molar-refractivity contribution in [2.24, 2.45) is 0 Å². The van der Waals surface area contributed by atoms with E-state index in [1.165, 1.54) is 0 Å². The van der Waals surface area contributed by atoms with E-state index in [2.05, 4.69) is 50.8 Å². The fraction of sp³-hybridized carbons (Fsp3) is 0.214. The quantitative estimate of drug-likeness (QED) is 0.708. The van der Waals surface area contributed by atoms with E-state index >= 15 is 0 Å². The van der Waals surface area contributed by atoms with Gasteiger partial charge in [0.05, 0.1) is 0 Å². The van der Waals surface area contributed by atoms with Crippen LogP contribution in [0.1, 0.15) is 23.8 Å². The topological polar surface area (TPSA) is 34.0 Å². The van der Waals surface area contributed by atoms with Gasteiger partial charge >= 0.3 is 0 Å². The number of nitrogens with one attached hydrogen (secondary N) is 1. The van der Waals surface area contributed by atoms with Crippen molar-refractivity contribution in [2.45, 2.75) is 19.9 Å². The predicted octanol–water partition coefficient (Wildman–Crippen LogP) is 4.52. The molecule has 0 aliphatic carbocycles. The highest BCUT2D eigenvalue weighted by molar-refractivity contribution is 14.1. The number of hydrogen-bond donors (Lipinski definition) is 1. The first-order chi connectivity index (χ1) is 9.10. The Morgan fingerprint density at radius 1 is 1.42 bits per heavy atom. The Balaban J connectivity index is 2.20. The first-order valence-electron chi connectivity index (χ1n) is 6.02. The van der Waals surface area contributed by atoms with Crippen LogP contribution in [0, 0.1) is 3.57 Å². The minimum Gasteiger partial charge on any atom is -0.342 e. The SMILES string of the molecule is CCCn1cc(Br)cc1C(=O)Nc1cccc(I)c1. The highest BCUT2D eigenvalue weighted by Crippen LogP contribution is 2.18. The number of aromatic nitrogens is 1.